The van der Waals surface area contributed by atoms with Gasteiger partial charge in [-0.15, -0.1) is 0 Å². The Morgan fingerprint density at radius 2 is 1.67 bits per heavy atom. The summed E-state index contributed by atoms with van der Waals surface area (Å²) in [6.45, 7) is 4.12. The van der Waals surface area contributed by atoms with Gasteiger partial charge in [0.05, 0.1) is 14.2 Å². The van der Waals surface area contributed by atoms with E-state index in [9.17, 15) is 9.18 Å². The highest BCUT2D eigenvalue weighted by Crippen LogP contribution is 2.34. The lowest BCUT2D eigenvalue weighted by Gasteiger charge is -2.21. The van der Waals surface area contributed by atoms with Gasteiger partial charge in [-0.1, -0.05) is 31.7 Å². The zero-order valence-corrected chi connectivity index (χ0v) is 20.0. The minimum Gasteiger partial charge on any atom is -0.497 e. The van der Waals surface area contributed by atoms with Crippen molar-refractivity contribution in [2.24, 2.45) is 5.92 Å². The normalized spacial score (nSPS) is 11.7. The van der Waals surface area contributed by atoms with Crippen molar-refractivity contribution in [3.63, 3.8) is 0 Å². The molecule has 1 atom stereocenters. The quantitative estimate of drug-likeness (QED) is 0.322. The summed E-state index contributed by atoms with van der Waals surface area (Å²) in [7, 11) is 3.03. The molecule has 3 rings (SSSR count). The number of esters is 1. The van der Waals surface area contributed by atoms with Crippen molar-refractivity contribution in [3.05, 3.63) is 72.5 Å². The summed E-state index contributed by atoms with van der Waals surface area (Å²) in [4.78, 5) is 14.3. The van der Waals surface area contributed by atoms with Crippen LogP contribution in [0.25, 0.3) is 0 Å². The lowest BCUT2D eigenvalue weighted by Crippen LogP contribution is -2.32. The number of methoxy groups -OCH3 is 2. The van der Waals surface area contributed by atoms with E-state index in [4.69, 9.17) is 9.47 Å². The maximum atomic E-state index is 13.7. The summed E-state index contributed by atoms with van der Waals surface area (Å²) < 4.78 is 23.9. The molecule has 7 heteroatoms. The van der Waals surface area contributed by atoms with E-state index in [2.05, 4.69) is 24.5 Å². The number of benzene rings is 3. The molecule has 5 nitrogen and oxygen atoms in total. The molecular formula is C26H29FN2O3S. The molecule has 0 aliphatic carbocycles. The van der Waals surface area contributed by atoms with E-state index in [0.29, 0.717) is 18.0 Å². The smallest absolute Gasteiger partial charge is 0.328 e. The second-order valence-corrected chi connectivity index (χ2v) is 9.16. The maximum Gasteiger partial charge on any atom is 0.328 e. The standard InChI is InChI=1S/C26H29FN2O3S/c1-17(2)12-25(26(30)32-4)29-21-14-20(28-19-7-5-6-18(27)13-19)15-24(16-21)33-23-10-8-22(31-3)9-11-23/h5-11,13-17,25,28-29H,12H2,1-4H3. The van der Waals surface area contributed by atoms with Crippen molar-refractivity contribution >= 4 is 34.8 Å². The molecular weight excluding hydrogens is 439 g/mol. The van der Waals surface area contributed by atoms with Crippen molar-refractivity contribution < 1.29 is 18.7 Å². The first-order valence-electron chi connectivity index (χ1n) is 10.7. The average Bonchev–Trinajstić information content (AvgIpc) is 2.78. The highest BCUT2D eigenvalue weighted by atomic mass is 32.2. The third-order valence-corrected chi connectivity index (χ3v) is 5.83. The molecule has 0 bridgehead atoms. The number of halogens is 1. The van der Waals surface area contributed by atoms with Crippen LogP contribution in [0.4, 0.5) is 21.5 Å². The topological polar surface area (TPSA) is 59.6 Å². The summed E-state index contributed by atoms with van der Waals surface area (Å²) in [5.41, 5.74) is 2.18. The summed E-state index contributed by atoms with van der Waals surface area (Å²) in [5, 5.41) is 6.58. The van der Waals surface area contributed by atoms with Gasteiger partial charge in [-0.25, -0.2) is 9.18 Å². The van der Waals surface area contributed by atoms with E-state index in [-0.39, 0.29) is 11.8 Å². The molecule has 0 radical (unpaired) electrons. The molecule has 2 N–H and O–H groups in total. The number of carbonyl (C=O) groups excluding carboxylic acids is 1. The molecule has 0 fully saturated rings. The number of hydrogen-bond donors (Lipinski definition) is 2. The Hall–Kier alpha value is -3.19. The van der Waals surface area contributed by atoms with Crippen molar-refractivity contribution in [3.8, 4) is 5.75 Å². The van der Waals surface area contributed by atoms with E-state index in [1.807, 2.05) is 42.5 Å². The van der Waals surface area contributed by atoms with Crippen LogP contribution in [0.15, 0.2) is 76.5 Å². The van der Waals surface area contributed by atoms with Crippen LogP contribution in [-0.4, -0.2) is 26.2 Å². The van der Waals surface area contributed by atoms with Crippen LogP contribution in [0, 0.1) is 11.7 Å². The second-order valence-electron chi connectivity index (χ2n) is 8.01. The minimum absolute atomic E-state index is 0.309. The van der Waals surface area contributed by atoms with Gasteiger partial charge in [0, 0.05) is 26.9 Å². The number of carbonyl (C=O) groups is 1. The molecule has 0 aromatic heterocycles. The first-order valence-corrected chi connectivity index (χ1v) is 11.5. The predicted octanol–water partition coefficient (Wildman–Crippen LogP) is 6.73. The molecule has 3 aromatic rings. The Balaban J connectivity index is 1.92. The Morgan fingerprint density at radius 3 is 2.30 bits per heavy atom. The van der Waals surface area contributed by atoms with E-state index in [0.717, 1.165) is 26.9 Å². The van der Waals surface area contributed by atoms with Crippen LogP contribution in [0.5, 0.6) is 5.75 Å². The minimum atomic E-state index is -0.474. The monoisotopic (exact) mass is 468 g/mol. The number of nitrogens with one attached hydrogen (secondary N) is 2. The molecule has 0 saturated carbocycles. The molecule has 1 unspecified atom stereocenters. The van der Waals surface area contributed by atoms with E-state index in [1.54, 1.807) is 31.0 Å². The largest absolute Gasteiger partial charge is 0.497 e. The van der Waals surface area contributed by atoms with Gasteiger partial charge in [-0.3, -0.25) is 0 Å². The highest BCUT2D eigenvalue weighted by molar-refractivity contribution is 7.99. The predicted molar refractivity (Wildman–Crippen MR) is 132 cm³/mol. The third-order valence-electron chi connectivity index (χ3n) is 4.85. The fourth-order valence-corrected chi connectivity index (χ4v) is 4.27. The Bertz CT molecular complexity index is 1070. The van der Waals surface area contributed by atoms with Crippen LogP contribution in [0.1, 0.15) is 20.3 Å². The van der Waals surface area contributed by atoms with Gasteiger partial charge < -0.3 is 20.1 Å². The lowest BCUT2D eigenvalue weighted by atomic mass is 10.0. The van der Waals surface area contributed by atoms with Crippen LogP contribution in [0.2, 0.25) is 0 Å². The fourth-order valence-electron chi connectivity index (χ4n) is 3.36. The average molecular weight is 469 g/mol. The van der Waals surface area contributed by atoms with Crippen molar-refractivity contribution in [1.82, 2.24) is 0 Å². The van der Waals surface area contributed by atoms with Gasteiger partial charge in [-0.05, 0) is 73.0 Å². The van der Waals surface area contributed by atoms with Crippen molar-refractivity contribution in [1.29, 1.82) is 0 Å². The number of anilines is 3. The first kappa shape index (κ1) is 24.5. The van der Waals surface area contributed by atoms with Crippen molar-refractivity contribution in [2.45, 2.75) is 36.1 Å². The second kappa shape index (κ2) is 11.6. The van der Waals surface area contributed by atoms with E-state index >= 15 is 0 Å². The molecule has 174 valence electrons. The number of ether oxygens (including phenoxy) is 2. The van der Waals surface area contributed by atoms with Crippen LogP contribution in [-0.2, 0) is 9.53 Å². The fraction of sp³-hybridized carbons (Fsp3) is 0.269. The van der Waals surface area contributed by atoms with Gasteiger partial charge >= 0.3 is 5.97 Å². The zero-order chi connectivity index (χ0) is 23.8. The molecule has 0 heterocycles. The van der Waals surface area contributed by atoms with Gasteiger partial charge in [0.2, 0.25) is 0 Å². The van der Waals surface area contributed by atoms with E-state index < -0.39 is 6.04 Å². The summed E-state index contributed by atoms with van der Waals surface area (Å²) >= 11 is 1.58. The SMILES string of the molecule is COC(=O)C(CC(C)C)Nc1cc(Nc2cccc(F)c2)cc(Sc2ccc(OC)cc2)c1. The number of rotatable bonds is 10. The first-order chi connectivity index (χ1) is 15.9. The summed E-state index contributed by atoms with van der Waals surface area (Å²) in [5.74, 6) is 0.475. The van der Waals surface area contributed by atoms with Gasteiger partial charge in [0.15, 0.2) is 0 Å². The van der Waals surface area contributed by atoms with Crippen molar-refractivity contribution in [2.75, 3.05) is 24.9 Å². The molecule has 0 spiro atoms. The Labute approximate surface area is 198 Å². The third kappa shape index (κ3) is 7.43. The Kier molecular flexibility index (Phi) is 8.60. The molecule has 33 heavy (non-hydrogen) atoms. The molecule has 0 saturated heterocycles. The van der Waals surface area contributed by atoms with Gasteiger partial charge in [0.1, 0.15) is 17.6 Å². The summed E-state index contributed by atoms with van der Waals surface area (Å²) in [6.07, 6.45) is 0.634. The van der Waals surface area contributed by atoms with Crippen LogP contribution >= 0.6 is 11.8 Å². The molecule has 0 aliphatic rings. The summed E-state index contributed by atoms with van der Waals surface area (Å²) in [6, 6.07) is 19.5. The lowest BCUT2D eigenvalue weighted by molar-refractivity contribution is -0.141. The molecule has 3 aromatic carbocycles. The number of hydrogen-bond acceptors (Lipinski definition) is 6. The molecule has 0 aliphatic heterocycles. The molecule has 0 amide bonds. The van der Waals surface area contributed by atoms with Gasteiger partial charge in [-0.2, -0.15) is 0 Å². The highest BCUT2D eigenvalue weighted by Gasteiger charge is 2.21. The Morgan fingerprint density at radius 1 is 0.939 bits per heavy atom. The van der Waals surface area contributed by atoms with Crippen LogP contribution < -0.4 is 15.4 Å². The van der Waals surface area contributed by atoms with Gasteiger partial charge in [0.25, 0.3) is 0 Å². The maximum absolute atomic E-state index is 13.7. The zero-order valence-electron chi connectivity index (χ0n) is 19.2. The van der Waals surface area contributed by atoms with E-state index in [1.165, 1.54) is 19.2 Å². The van der Waals surface area contributed by atoms with Crippen LogP contribution in [0.3, 0.4) is 0 Å².